The van der Waals surface area contributed by atoms with Crippen molar-refractivity contribution in [1.29, 1.82) is 0 Å². The number of carbonyl (C=O) groups excluding carboxylic acids is 1. The first kappa shape index (κ1) is 22.6. The zero-order chi connectivity index (χ0) is 21.7. The first-order valence-electron chi connectivity index (χ1n) is 9.57. The Kier molecular flexibility index (Phi) is 7.76. The minimum atomic E-state index is -0.116. The van der Waals surface area contributed by atoms with Crippen molar-refractivity contribution >= 4 is 45.9 Å². The molecule has 8 heteroatoms. The van der Waals surface area contributed by atoms with Gasteiger partial charge in [0.1, 0.15) is 5.75 Å². The van der Waals surface area contributed by atoms with Crippen LogP contribution in [-0.2, 0) is 11.4 Å². The van der Waals surface area contributed by atoms with Crippen LogP contribution in [0.4, 0.5) is 5.69 Å². The van der Waals surface area contributed by atoms with Crippen molar-refractivity contribution in [2.75, 3.05) is 11.1 Å². The highest BCUT2D eigenvalue weighted by molar-refractivity contribution is 14.1. The number of thioether (sulfide) groups is 1. The Bertz CT molecular complexity index is 1020. The van der Waals surface area contributed by atoms with Gasteiger partial charge in [0.25, 0.3) is 11.1 Å². The second-order valence-corrected chi connectivity index (χ2v) is 9.37. The van der Waals surface area contributed by atoms with Crippen molar-refractivity contribution in [3.63, 3.8) is 0 Å². The van der Waals surface area contributed by atoms with Crippen molar-refractivity contribution < 1.29 is 13.9 Å². The highest BCUT2D eigenvalue weighted by Crippen LogP contribution is 2.27. The lowest BCUT2D eigenvalue weighted by Crippen LogP contribution is -2.15. The number of para-hydroxylation sites is 1. The molecule has 6 nitrogen and oxygen atoms in total. The highest BCUT2D eigenvalue weighted by Gasteiger charge is 2.14. The first-order valence-corrected chi connectivity index (χ1v) is 11.6. The number of aromatic nitrogens is 2. The molecule has 1 amide bonds. The molecule has 0 aliphatic heterocycles. The monoisotopic (exact) mass is 537 g/mol. The number of benzene rings is 2. The Hall–Kier alpha value is -2.07. The number of hydrogen-bond acceptors (Lipinski definition) is 6. The van der Waals surface area contributed by atoms with E-state index in [4.69, 9.17) is 9.15 Å². The van der Waals surface area contributed by atoms with Crippen LogP contribution in [-0.4, -0.2) is 21.9 Å². The molecule has 2 aromatic carbocycles. The van der Waals surface area contributed by atoms with Gasteiger partial charge in [0, 0.05) is 9.26 Å². The molecule has 0 atom stereocenters. The van der Waals surface area contributed by atoms with Gasteiger partial charge in [0.2, 0.25) is 5.91 Å². The Morgan fingerprint density at radius 3 is 2.63 bits per heavy atom. The largest absolute Gasteiger partial charge is 0.483 e. The van der Waals surface area contributed by atoms with Crippen LogP contribution >= 0.6 is 34.4 Å². The maximum absolute atomic E-state index is 12.4. The summed E-state index contributed by atoms with van der Waals surface area (Å²) >= 11 is 3.48. The lowest BCUT2D eigenvalue weighted by Gasteiger charge is -2.14. The van der Waals surface area contributed by atoms with E-state index in [9.17, 15) is 4.79 Å². The molecule has 0 unspecified atom stereocenters. The number of ether oxygens (including phenoxy) is 1. The molecule has 0 saturated heterocycles. The number of nitrogens with zero attached hydrogens (tertiary/aromatic N) is 2. The van der Waals surface area contributed by atoms with Gasteiger partial charge >= 0.3 is 0 Å². The molecule has 0 aliphatic rings. The van der Waals surface area contributed by atoms with Crippen LogP contribution in [0, 0.1) is 17.4 Å². The number of aryl methyl sites for hydroxylation is 2. The summed E-state index contributed by atoms with van der Waals surface area (Å²) in [6.45, 7) is 8.39. The minimum absolute atomic E-state index is 0.116. The molecule has 1 N–H and O–H groups in total. The smallest absolute Gasteiger partial charge is 0.277 e. The van der Waals surface area contributed by atoms with Crippen LogP contribution in [0.15, 0.2) is 46.0 Å². The van der Waals surface area contributed by atoms with Gasteiger partial charge in [-0.15, -0.1) is 10.2 Å². The summed E-state index contributed by atoms with van der Waals surface area (Å²) in [7, 11) is 0. The van der Waals surface area contributed by atoms with Gasteiger partial charge < -0.3 is 14.5 Å². The summed E-state index contributed by atoms with van der Waals surface area (Å²) in [5.41, 5.74) is 4.06. The molecule has 0 spiro atoms. The molecular weight excluding hydrogens is 513 g/mol. The number of amides is 1. The third kappa shape index (κ3) is 5.98. The molecule has 3 aromatic rings. The standard InChI is InChI=1S/C22H24IN3O3S/c1-13(2)17-10-16(23)8-9-18(17)24-19(27)12-30-22-26-25-20(29-22)11-28-21-14(3)6-5-7-15(21)4/h5-10,13H,11-12H2,1-4H3,(H,24,27). The number of anilines is 1. The van der Waals surface area contributed by atoms with E-state index >= 15 is 0 Å². The van der Waals surface area contributed by atoms with E-state index < -0.39 is 0 Å². The SMILES string of the molecule is Cc1cccc(C)c1OCc1nnc(SCC(=O)Nc2ccc(I)cc2C(C)C)o1. The Labute approximate surface area is 194 Å². The van der Waals surface area contributed by atoms with E-state index in [1.165, 1.54) is 11.8 Å². The van der Waals surface area contributed by atoms with Crippen LogP contribution in [0.25, 0.3) is 0 Å². The van der Waals surface area contributed by atoms with Gasteiger partial charge in [-0.3, -0.25) is 4.79 Å². The molecule has 0 radical (unpaired) electrons. The van der Waals surface area contributed by atoms with Crippen LogP contribution in [0.3, 0.4) is 0 Å². The number of nitrogens with one attached hydrogen (secondary N) is 1. The van der Waals surface area contributed by atoms with Crippen molar-refractivity contribution in [2.45, 2.75) is 45.4 Å². The summed E-state index contributed by atoms with van der Waals surface area (Å²) in [6.07, 6.45) is 0. The molecule has 0 saturated carbocycles. The maximum Gasteiger partial charge on any atom is 0.277 e. The average molecular weight is 537 g/mol. The summed E-state index contributed by atoms with van der Waals surface area (Å²) in [4.78, 5) is 12.4. The van der Waals surface area contributed by atoms with Crippen molar-refractivity contribution in [1.82, 2.24) is 10.2 Å². The fraction of sp³-hybridized carbons (Fsp3) is 0.318. The topological polar surface area (TPSA) is 77.2 Å². The number of rotatable bonds is 8. The van der Waals surface area contributed by atoms with E-state index in [0.717, 1.165) is 31.7 Å². The fourth-order valence-electron chi connectivity index (χ4n) is 2.95. The summed E-state index contributed by atoms with van der Waals surface area (Å²) in [5, 5.41) is 11.3. The summed E-state index contributed by atoms with van der Waals surface area (Å²) in [5.74, 6) is 1.58. The zero-order valence-electron chi connectivity index (χ0n) is 17.4. The van der Waals surface area contributed by atoms with Gasteiger partial charge in [-0.05, 0) is 77.2 Å². The lowest BCUT2D eigenvalue weighted by molar-refractivity contribution is -0.113. The number of halogens is 1. The molecule has 0 fully saturated rings. The Morgan fingerprint density at radius 2 is 1.93 bits per heavy atom. The third-order valence-electron chi connectivity index (χ3n) is 4.43. The molecule has 30 heavy (non-hydrogen) atoms. The Morgan fingerprint density at radius 1 is 1.20 bits per heavy atom. The second kappa shape index (κ2) is 10.3. The highest BCUT2D eigenvalue weighted by atomic mass is 127. The van der Waals surface area contributed by atoms with Crippen molar-refractivity contribution in [3.8, 4) is 5.75 Å². The second-order valence-electron chi connectivity index (χ2n) is 7.19. The molecule has 158 valence electrons. The maximum atomic E-state index is 12.4. The normalized spacial score (nSPS) is 11.0. The predicted molar refractivity (Wildman–Crippen MR) is 127 cm³/mol. The molecule has 1 aromatic heterocycles. The van der Waals surface area contributed by atoms with Gasteiger partial charge in [0.05, 0.1) is 5.75 Å². The third-order valence-corrected chi connectivity index (χ3v) is 5.92. The molecular formula is C22H24IN3O3S. The van der Waals surface area contributed by atoms with E-state index in [1.807, 2.05) is 44.2 Å². The Balaban J connectivity index is 1.54. The van der Waals surface area contributed by atoms with E-state index in [2.05, 4.69) is 58.0 Å². The molecule has 3 rings (SSSR count). The average Bonchev–Trinajstić information content (AvgIpc) is 3.15. The van der Waals surface area contributed by atoms with Crippen molar-refractivity contribution in [3.05, 3.63) is 62.5 Å². The van der Waals surface area contributed by atoms with Gasteiger partial charge in [-0.25, -0.2) is 0 Å². The van der Waals surface area contributed by atoms with Crippen molar-refractivity contribution in [2.24, 2.45) is 0 Å². The van der Waals surface area contributed by atoms with Crippen LogP contribution in [0.5, 0.6) is 5.75 Å². The van der Waals surface area contributed by atoms with Gasteiger partial charge in [-0.2, -0.15) is 0 Å². The van der Waals surface area contributed by atoms with Gasteiger partial charge in [-0.1, -0.05) is 43.8 Å². The minimum Gasteiger partial charge on any atom is -0.483 e. The van der Waals surface area contributed by atoms with Gasteiger partial charge in [0.15, 0.2) is 6.61 Å². The number of carbonyl (C=O) groups is 1. The van der Waals surface area contributed by atoms with E-state index in [0.29, 0.717) is 17.0 Å². The van der Waals surface area contributed by atoms with E-state index in [-0.39, 0.29) is 18.3 Å². The van der Waals surface area contributed by atoms with Crippen LogP contribution in [0.2, 0.25) is 0 Å². The fourth-order valence-corrected chi connectivity index (χ4v) is 4.05. The summed E-state index contributed by atoms with van der Waals surface area (Å²) in [6, 6.07) is 12.0. The zero-order valence-corrected chi connectivity index (χ0v) is 20.3. The lowest BCUT2D eigenvalue weighted by atomic mass is 10.0. The first-order chi connectivity index (χ1) is 14.3. The predicted octanol–water partition coefficient (Wildman–Crippen LogP) is 5.72. The summed E-state index contributed by atoms with van der Waals surface area (Å²) < 4.78 is 12.6. The van der Waals surface area contributed by atoms with E-state index in [1.54, 1.807) is 0 Å². The molecule has 1 heterocycles. The molecule has 0 bridgehead atoms. The number of hydrogen-bond donors (Lipinski definition) is 1. The quantitative estimate of drug-likeness (QED) is 0.293. The molecule has 0 aliphatic carbocycles. The van der Waals surface area contributed by atoms with Crippen LogP contribution in [0.1, 0.15) is 42.3 Å². The van der Waals surface area contributed by atoms with Crippen LogP contribution < -0.4 is 10.1 Å².